The number of ether oxygens (including phenoxy) is 1. The molecule has 30 heavy (non-hydrogen) atoms. The number of carbonyl (C=O) groups is 3. The third kappa shape index (κ3) is 3.86. The Labute approximate surface area is 175 Å². The maximum atomic E-state index is 13.1. The molecule has 0 aliphatic carbocycles. The van der Waals surface area contributed by atoms with E-state index in [0.29, 0.717) is 17.9 Å². The molecule has 2 aromatic carbocycles. The quantitative estimate of drug-likeness (QED) is 0.683. The number of nitrogens with zero attached hydrogens (tertiary/aromatic N) is 2. The highest BCUT2D eigenvalue weighted by Gasteiger charge is 2.50. The fourth-order valence-corrected chi connectivity index (χ4v) is 3.47. The van der Waals surface area contributed by atoms with Gasteiger partial charge in [-0.2, -0.15) is 5.01 Å². The second-order valence-electron chi connectivity index (χ2n) is 7.29. The molecule has 2 aromatic rings. The van der Waals surface area contributed by atoms with Crippen LogP contribution in [0.5, 0.6) is 5.75 Å². The van der Waals surface area contributed by atoms with Gasteiger partial charge in [-0.25, -0.2) is 4.79 Å². The highest BCUT2D eigenvalue weighted by Crippen LogP contribution is 2.30. The minimum atomic E-state index is -1.32. The number of rotatable bonds is 7. The number of urea groups is 1. The van der Waals surface area contributed by atoms with Crippen LogP contribution in [-0.4, -0.2) is 48.5 Å². The van der Waals surface area contributed by atoms with Crippen LogP contribution in [0.2, 0.25) is 0 Å². The molecule has 8 nitrogen and oxygen atoms in total. The molecule has 1 saturated heterocycles. The van der Waals surface area contributed by atoms with Crippen LogP contribution in [0.1, 0.15) is 31.0 Å². The van der Waals surface area contributed by atoms with Gasteiger partial charge in [0.25, 0.3) is 11.8 Å². The molecule has 8 heteroatoms. The monoisotopic (exact) mass is 410 g/mol. The maximum Gasteiger partial charge on any atom is 0.344 e. The third-order valence-electron chi connectivity index (χ3n) is 5.36. The average Bonchev–Trinajstić information content (AvgIpc) is 2.98. The largest absolute Gasteiger partial charge is 0.497 e. The number of nitrogens with one attached hydrogen (secondary N) is 2. The summed E-state index contributed by atoms with van der Waals surface area (Å²) in [4.78, 5) is 40.7. The number of hydrazine groups is 1. The van der Waals surface area contributed by atoms with E-state index in [9.17, 15) is 14.4 Å². The molecule has 0 aromatic heterocycles. The first-order chi connectivity index (χ1) is 14.3. The summed E-state index contributed by atoms with van der Waals surface area (Å²) in [5.41, 5.74) is 2.51. The van der Waals surface area contributed by atoms with E-state index in [1.165, 1.54) is 7.11 Å². The lowest BCUT2D eigenvalue weighted by Gasteiger charge is -2.28. The molecule has 2 N–H and O–H groups in total. The molecule has 0 radical (unpaired) electrons. The molecule has 3 rings (SSSR count). The van der Waals surface area contributed by atoms with Crippen LogP contribution in [0, 0.1) is 0 Å². The lowest BCUT2D eigenvalue weighted by Crippen LogP contribution is -2.51. The molecule has 1 aliphatic heterocycles. The predicted molar refractivity (Wildman–Crippen MR) is 111 cm³/mol. The third-order valence-corrected chi connectivity index (χ3v) is 5.36. The molecule has 1 heterocycles. The van der Waals surface area contributed by atoms with E-state index in [0.717, 1.165) is 10.6 Å². The molecule has 158 valence electrons. The van der Waals surface area contributed by atoms with E-state index in [4.69, 9.17) is 4.74 Å². The zero-order valence-electron chi connectivity index (χ0n) is 17.5. The van der Waals surface area contributed by atoms with Gasteiger partial charge in [-0.3, -0.25) is 19.9 Å². The molecule has 1 fully saturated rings. The summed E-state index contributed by atoms with van der Waals surface area (Å²) >= 11 is 0. The minimum absolute atomic E-state index is 0.469. The van der Waals surface area contributed by atoms with Crippen molar-refractivity contribution in [2.45, 2.75) is 25.4 Å². The standard InChI is InChI=1S/C22H26N4O4/c1-5-25(3)18(15-10-7-6-8-11-15)19(27)24-26-20(28)22(2,23-21(26)29)16-12-9-13-17(14-16)30-4/h6-14,18H,5H2,1-4H3,(H,23,29)(H,24,27)/t18-,22-/m0/s1. The Morgan fingerprint density at radius 3 is 2.53 bits per heavy atom. The van der Waals surface area contributed by atoms with Crippen LogP contribution < -0.4 is 15.5 Å². The Hall–Kier alpha value is -3.39. The van der Waals surface area contributed by atoms with Crippen molar-refractivity contribution in [3.05, 3.63) is 65.7 Å². The van der Waals surface area contributed by atoms with Crippen LogP contribution >= 0.6 is 0 Å². The number of likely N-dealkylation sites (N-methyl/N-ethyl adjacent to an activating group) is 1. The fourth-order valence-electron chi connectivity index (χ4n) is 3.47. The molecule has 2 atom stereocenters. The first kappa shape index (κ1) is 21.3. The first-order valence-electron chi connectivity index (χ1n) is 9.68. The second-order valence-corrected chi connectivity index (χ2v) is 7.29. The average molecular weight is 410 g/mol. The van der Waals surface area contributed by atoms with Crippen molar-refractivity contribution in [2.24, 2.45) is 0 Å². The molecule has 1 aliphatic rings. The van der Waals surface area contributed by atoms with Crippen LogP contribution in [0.3, 0.4) is 0 Å². The summed E-state index contributed by atoms with van der Waals surface area (Å²) in [6.45, 7) is 4.13. The smallest absolute Gasteiger partial charge is 0.344 e. The van der Waals surface area contributed by atoms with Crippen molar-refractivity contribution >= 4 is 17.8 Å². The van der Waals surface area contributed by atoms with Crippen LogP contribution in [0.15, 0.2) is 54.6 Å². The maximum absolute atomic E-state index is 13.1. The van der Waals surface area contributed by atoms with E-state index in [-0.39, 0.29) is 0 Å². The topological polar surface area (TPSA) is 91.0 Å². The van der Waals surface area contributed by atoms with Gasteiger partial charge in [0.2, 0.25) is 0 Å². The highest BCUT2D eigenvalue weighted by molar-refractivity contribution is 6.08. The van der Waals surface area contributed by atoms with Crippen molar-refractivity contribution in [3.8, 4) is 5.75 Å². The lowest BCUT2D eigenvalue weighted by atomic mass is 9.92. The van der Waals surface area contributed by atoms with Gasteiger partial charge in [0.05, 0.1) is 7.11 Å². The van der Waals surface area contributed by atoms with Crippen molar-refractivity contribution in [1.29, 1.82) is 0 Å². The normalized spacial score (nSPS) is 19.6. The van der Waals surface area contributed by atoms with Crippen LogP contribution in [-0.2, 0) is 15.1 Å². The van der Waals surface area contributed by atoms with Gasteiger partial charge < -0.3 is 10.1 Å². The van der Waals surface area contributed by atoms with E-state index < -0.39 is 29.4 Å². The van der Waals surface area contributed by atoms with Gasteiger partial charge >= 0.3 is 6.03 Å². The minimum Gasteiger partial charge on any atom is -0.497 e. The van der Waals surface area contributed by atoms with Gasteiger partial charge in [-0.1, -0.05) is 49.4 Å². The van der Waals surface area contributed by atoms with Crippen molar-refractivity contribution in [1.82, 2.24) is 20.7 Å². The van der Waals surface area contributed by atoms with Crippen LogP contribution in [0.25, 0.3) is 0 Å². The number of hydrogen-bond acceptors (Lipinski definition) is 5. The van der Waals surface area contributed by atoms with Crippen molar-refractivity contribution in [2.75, 3.05) is 20.7 Å². The molecule has 0 spiro atoms. The van der Waals surface area contributed by atoms with Crippen molar-refractivity contribution in [3.63, 3.8) is 0 Å². The van der Waals surface area contributed by atoms with E-state index in [1.54, 1.807) is 31.2 Å². The van der Waals surface area contributed by atoms with Gasteiger partial charge in [0, 0.05) is 0 Å². The second kappa shape index (κ2) is 8.54. The zero-order chi connectivity index (χ0) is 21.9. The fraction of sp³-hybridized carbons (Fsp3) is 0.318. The number of hydrogen-bond donors (Lipinski definition) is 2. The summed E-state index contributed by atoms with van der Waals surface area (Å²) in [7, 11) is 3.33. The Bertz CT molecular complexity index is 949. The summed E-state index contributed by atoms with van der Waals surface area (Å²) < 4.78 is 5.22. The molecule has 0 unspecified atom stereocenters. The lowest BCUT2D eigenvalue weighted by molar-refractivity contribution is -0.141. The Morgan fingerprint density at radius 2 is 1.90 bits per heavy atom. The molecule has 0 bridgehead atoms. The summed E-state index contributed by atoms with van der Waals surface area (Å²) in [6.07, 6.45) is 0. The van der Waals surface area contributed by atoms with Crippen LogP contribution in [0.4, 0.5) is 4.79 Å². The molecule has 4 amide bonds. The molecular weight excluding hydrogens is 384 g/mol. The van der Waals surface area contributed by atoms with E-state index >= 15 is 0 Å². The molecule has 0 saturated carbocycles. The zero-order valence-corrected chi connectivity index (χ0v) is 17.5. The predicted octanol–water partition coefficient (Wildman–Crippen LogP) is 2.19. The Balaban J connectivity index is 1.86. The van der Waals surface area contributed by atoms with Gasteiger partial charge in [0.15, 0.2) is 0 Å². The number of amides is 4. The number of carbonyl (C=O) groups excluding carboxylic acids is 3. The van der Waals surface area contributed by atoms with Gasteiger partial charge in [0.1, 0.15) is 17.3 Å². The Kier molecular flexibility index (Phi) is 6.07. The first-order valence-corrected chi connectivity index (χ1v) is 9.68. The number of imide groups is 1. The molecular formula is C22H26N4O4. The summed E-state index contributed by atoms with van der Waals surface area (Å²) in [6, 6.07) is 14.8. The van der Waals surface area contributed by atoms with E-state index in [2.05, 4.69) is 10.7 Å². The highest BCUT2D eigenvalue weighted by atomic mass is 16.5. The van der Waals surface area contributed by atoms with Crippen molar-refractivity contribution < 1.29 is 19.1 Å². The Morgan fingerprint density at radius 1 is 1.20 bits per heavy atom. The summed E-state index contributed by atoms with van der Waals surface area (Å²) in [5, 5.41) is 3.43. The number of methoxy groups -OCH3 is 1. The van der Waals surface area contributed by atoms with E-state index in [1.807, 2.05) is 49.2 Å². The number of benzene rings is 2. The SMILES string of the molecule is CCN(C)[C@H](C(=O)NN1C(=O)N[C@@](C)(c2cccc(OC)c2)C1=O)c1ccccc1. The van der Waals surface area contributed by atoms with Gasteiger partial charge in [-0.05, 0) is 43.8 Å². The van der Waals surface area contributed by atoms with Gasteiger partial charge in [-0.15, -0.1) is 0 Å². The summed E-state index contributed by atoms with van der Waals surface area (Å²) in [5.74, 6) is -0.476.